The lowest BCUT2D eigenvalue weighted by atomic mass is 10.2. The summed E-state index contributed by atoms with van der Waals surface area (Å²) in [6.45, 7) is 2.12. The van der Waals surface area contributed by atoms with E-state index in [2.05, 4.69) is 59.0 Å². The van der Waals surface area contributed by atoms with Gasteiger partial charge in [-0.05, 0) is 36.4 Å². The number of thiazole rings is 1. The molecule has 1 aliphatic rings. The van der Waals surface area contributed by atoms with E-state index < -0.39 is 0 Å². The van der Waals surface area contributed by atoms with Crippen LogP contribution in [0.4, 0.5) is 5.69 Å². The zero-order chi connectivity index (χ0) is 16.5. The van der Waals surface area contributed by atoms with Gasteiger partial charge in [-0.25, -0.2) is 0 Å². The molecule has 1 aromatic heterocycles. The molecule has 0 atom stereocenters. The second kappa shape index (κ2) is 7.64. The van der Waals surface area contributed by atoms with Crippen LogP contribution in [0.15, 0.2) is 58.8 Å². The standard InChI is InChI=1S/C19H16N2OS2.BrH/c1-12-18(16-11-23-17-6-4-3-5-15(17)21-16)24-19(20-12)13-7-9-14(22-2)10-8-13;/h3-11,21H,1-2H3;1H. The van der Waals surface area contributed by atoms with E-state index in [0.29, 0.717) is 0 Å². The van der Waals surface area contributed by atoms with E-state index in [-0.39, 0.29) is 17.0 Å². The number of hydrogen-bond donors (Lipinski definition) is 1. The molecule has 0 radical (unpaired) electrons. The van der Waals surface area contributed by atoms with Crippen molar-refractivity contribution < 1.29 is 26.7 Å². The number of thioether (sulfide) groups is 1. The van der Waals surface area contributed by atoms with Crippen molar-refractivity contribution in [1.29, 1.82) is 0 Å². The number of aromatic nitrogens is 1. The second-order valence-electron chi connectivity index (χ2n) is 5.51. The molecule has 128 valence electrons. The van der Waals surface area contributed by atoms with Gasteiger partial charge in [-0.1, -0.05) is 35.2 Å². The van der Waals surface area contributed by atoms with E-state index >= 15 is 0 Å². The van der Waals surface area contributed by atoms with Crippen LogP contribution >= 0.6 is 23.1 Å². The minimum atomic E-state index is 0. The SMILES string of the molecule is COc1ccc(-c2[nH+]c(C)c(C3=CSc4ccccc4N3)s2)cc1.[Br-]. The van der Waals surface area contributed by atoms with E-state index in [0.717, 1.165) is 16.5 Å². The maximum Gasteiger partial charge on any atom is 0.268 e. The Bertz CT molecular complexity index is 919. The Hall–Kier alpha value is -1.76. The number of halogens is 1. The van der Waals surface area contributed by atoms with Gasteiger partial charge in [0.05, 0.1) is 24.1 Å². The van der Waals surface area contributed by atoms with Crippen molar-refractivity contribution in [3.05, 3.63) is 64.5 Å². The maximum absolute atomic E-state index is 5.23. The van der Waals surface area contributed by atoms with E-state index in [9.17, 15) is 0 Å². The average molecular weight is 433 g/mol. The van der Waals surface area contributed by atoms with Gasteiger partial charge in [0.25, 0.3) is 5.01 Å². The molecule has 0 saturated heterocycles. The zero-order valence-electron chi connectivity index (χ0n) is 13.8. The number of ether oxygens (including phenoxy) is 1. The highest BCUT2D eigenvalue weighted by molar-refractivity contribution is 8.02. The Morgan fingerprint density at radius 3 is 2.56 bits per heavy atom. The Kier molecular flexibility index (Phi) is 5.51. The first-order chi connectivity index (χ1) is 11.7. The van der Waals surface area contributed by atoms with Crippen LogP contribution in [0.1, 0.15) is 10.6 Å². The molecule has 0 fully saturated rings. The Balaban J connectivity index is 0.00000182. The molecule has 0 unspecified atom stereocenters. The summed E-state index contributed by atoms with van der Waals surface area (Å²) in [6, 6.07) is 16.5. The molecule has 1 aliphatic heterocycles. The third-order valence-corrected chi connectivity index (χ3v) is 6.14. The third kappa shape index (κ3) is 3.61. The number of para-hydroxylation sites is 1. The summed E-state index contributed by atoms with van der Waals surface area (Å²) in [6.07, 6.45) is 0. The largest absolute Gasteiger partial charge is 1.00 e. The average Bonchev–Trinajstić information content (AvgIpc) is 3.03. The molecule has 0 spiro atoms. The van der Waals surface area contributed by atoms with Gasteiger partial charge in [0, 0.05) is 17.2 Å². The summed E-state index contributed by atoms with van der Waals surface area (Å²) >= 11 is 3.53. The Labute approximate surface area is 165 Å². The summed E-state index contributed by atoms with van der Waals surface area (Å²) in [7, 11) is 1.69. The van der Waals surface area contributed by atoms with Gasteiger partial charge in [-0.2, -0.15) is 4.98 Å². The molecule has 2 aromatic carbocycles. The molecule has 6 heteroatoms. The molecule has 2 N–H and O–H groups in total. The molecule has 3 aromatic rings. The highest BCUT2D eigenvalue weighted by atomic mass is 79.9. The van der Waals surface area contributed by atoms with E-state index in [1.54, 1.807) is 30.2 Å². The number of nitrogens with one attached hydrogen (secondary N) is 2. The fourth-order valence-corrected chi connectivity index (χ4v) is 4.63. The summed E-state index contributed by atoms with van der Waals surface area (Å²) < 4.78 is 5.23. The van der Waals surface area contributed by atoms with E-state index in [1.807, 2.05) is 12.1 Å². The topological polar surface area (TPSA) is 35.4 Å². The molecule has 0 bridgehead atoms. The number of anilines is 1. The number of fused-ring (bicyclic) bond motifs is 1. The molecule has 3 nitrogen and oxygen atoms in total. The van der Waals surface area contributed by atoms with Crippen LogP contribution in [0.2, 0.25) is 0 Å². The van der Waals surface area contributed by atoms with Crippen LogP contribution in [0.25, 0.3) is 16.3 Å². The monoisotopic (exact) mass is 432 g/mol. The molecular formula is C19H17BrN2OS2. The lowest BCUT2D eigenvalue weighted by Gasteiger charge is -2.17. The van der Waals surface area contributed by atoms with Crippen LogP contribution in [-0.2, 0) is 0 Å². The summed E-state index contributed by atoms with van der Waals surface area (Å²) in [4.78, 5) is 6.01. The van der Waals surface area contributed by atoms with Crippen LogP contribution in [-0.4, -0.2) is 7.11 Å². The minimum absolute atomic E-state index is 0. The summed E-state index contributed by atoms with van der Waals surface area (Å²) in [5, 5.41) is 6.88. The predicted molar refractivity (Wildman–Crippen MR) is 101 cm³/mol. The van der Waals surface area contributed by atoms with Crippen molar-refractivity contribution in [3.63, 3.8) is 0 Å². The third-order valence-electron chi connectivity index (χ3n) is 3.90. The van der Waals surface area contributed by atoms with Crippen LogP contribution in [0.3, 0.4) is 0 Å². The van der Waals surface area contributed by atoms with Crippen LogP contribution in [0, 0.1) is 6.92 Å². The number of aromatic amines is 1. The second-order valence-corrected chi connectivity index (χ2v) is 7.44. The first-order valence-electron chi connectivity index (χ1n) is 7.65. The minimum Gasteiger partial charge on any atom is -1.00 e. The van der Waals surface area contributed by atoms with Crippen molar-refractivity contribution in [2.24, 2.45) is 0 Å². The van der Waals surface area contributed by atoms with Gasteiger partial charge in [0.2, 0.25) is 0 Å². The molecule has 2 heterocycles. The van der Waals surface area contributed by atoms with Crippen LogP contribution in [0.5, 0.6) is 5.75 Å². The smallest absolute Gasteiger partial charge is 0.268 e. The maximum atomic E-state index is 5.23. The first-order valence-corrected chi connectivity index (χ1v) is 9.34. The summed E-state index contributed by atoms with van der Waals surface area (Å²) in [5.41, 5.74) is 4.65. The van der Waals surface area contributed by atoms with Gasteiger partial charge in [0.15, 0.2) is 5.69 Å². The van der Waals surface area contributed by atoms with Gasteiger partial charge in [-0.15, -0.1) is 0 Å². The van der Waals surface area contributed by atoms with Crippen molar-refractivity contribution >= 4 is 34.5 Å². The van der Waals surface area contributed by atoms with Gasteiger partial charge < -0.3 is 27.0 Å². The quantitative estimate of drug-likeness (QED) is 0.687. The molecular weight excluding hydrogens is 416 g/mol. The molecule has 4 rings (SSSR count). The lowest BCUT2D eigenvalue weighted by Crippen LogP contribution is -3.00. The molecule has 0 amide bonds. The fraction of sp³-hybridized carbons (Fsp3) is 0.105. The fourth-order valence-electron chi connectivity index (χ4n) is 2.64. The molecule has 0 saturated carbocycles. The number of benzene rings is 2. The van der Waals surface area contributed by atoms with Crippen molar-refractivity contribution in [3.8, 4) is 16.3 Å². The number of rotatable bonds is 3. The van der Waals surface area contributed by atoms with Gasteiger partial charge >= 0.3 is 0 Å². The first kappa shape index (κ1) is 18.0. The lowest BCUT2D eigenvalue weighted by molar-refractivity contribution is -0.367. The number of H-pyrrole nitrogens is 1. The van der Waals surface area contributed by atoms with Gasteiger partial charge in [0.1, 0.15) is 10.6 Å². The molecule has 0 aliphatic carbocycles. The Morgan fingerprint density at radius 1 is 1.04 bits per heavy atom. The molecule has 25 heavy (non-hydrogen) atoms. The van der Waals surface area contributed by atoms with Crippen LogP contribution < -0.4 is 32.0 Å². The number of aryl methyl sites for hydroxylation is 1. The normalized spacial score (nSPS) is 12.5. The van der Waals surface area contributed by atoms with Crippen molar-refractivity contribution in [2.45, 2.75) is 11.8 Å². The zero-order valence-corrected chi connectivity index (χ0v) is 17.0. The number of hydrogen-bond acceptors (Lipinski definition) is 4. The van der Waals surface area contributed by atoms with Gasteiger partial charge in [-0.3, -0.25) is 0 Å². The summed E-state index contributed by atoms with van der Waals surface area (Å²) in [5.74, 6) is 0.872. The highest BCUT2D eigenvalue weighted by Crippen LogP contribution is 2.39. The highest BCUT2D eigenvalue weighted by Gasteiger charge is 2.22. The van der Waals surface area contributed by atoms with Crippen molar-refractivity contribution in [2.75, 3.05) is 12.4 Å². The number of methoxy groups -OCH3 is 1. The van der Waals surface area contributed by atoms with E-state index in [4.69, 9.17) is 4.74 Å². The van der Waals surface area contributed by atoms with E-state index in [1.165, 1.54) is 26.7 Å². The van der Waals surface area contributed by atoms with Crippen molar-refractivity contribution in [1.82, 2.24) is 0 Å². The predicted octanol–water partition coefficient (Wildman–Crippen LogP) is 2.07. The Morgan fingerprint density at radius 2 is 1.80 bits per heavy atom.